The summed E-state index contributed by atoms with van der Waals surface area (Å²) in [7, 11) is 1.59. The highest BCUT2D eigenvalue weighted by molar-refractivity contribution is 6.04. The van der Waals surface area contributed by atoms with Crippen molar-refractivity contribution in [2.24, 2.45) is 0 Å². The number of carbonyl (C=O) groups is 1. The molecule has 0 unspecified atom stereocenters. The monoisotopic (exact) mass is 282 g/mol. The largest absolute Gasteiger partial charge is 0.497 e. The second-order valence-electron chi connectivity index (χ2n) is 4.40. The Morgan fingerprint density at radius 1 is 1.00 bits per heavy atom. The number of allylic oxidation sites excluding steroid dienone is 2. The smallest absolute Gasteiger partial charge is 0.178 e. The van der Waals surface area contributed by atoms with Crippen LogP contribution >= 0.6 is 0 Å². The van der Waals surface area contributed by atoms with Crippen LogP contribution in [0.4, 0.5) is 4.39 Å². The third-order valence-electron chi connectivity index (χ3n) is 2.82. The van der Waals surface area contributed by atoms with Gasteiger partial charge in [0.15, 0.2) is 5.78 Å². The highest BCUT2D eigenvalue weighted by Crippen LogP contribution is 2.13. The van der Waals surface area contributed by atoms with Crippen molar-refractivity contribution in [3.8, 4) is 5.75 Å². The van der Waals surface area contributed by atoms with E-state index in [-0.39, 0.29) is 11.6 Å². The molecule has 2 nitrogen and oxygen atoms in total. The van der Waals surface area contributed by atoms with Crippen molar-refractivity contribution < 1.29 is 13.9 Å². The lowest BCUT2D eigenvalue weighted by atomic mass is 10.1. The summed E-state index contributed by atoms with van der Waals surface area (Å²) in [6.45, 7) is 0. The predicted octanol–water partition coefficient (Wildman–Crippen LogP) is 4.13. The first-order valence-electron chi connectivity index (χ1n) is 6.47. The maximum Gasteiger partial charge on any atom is 0.178 e. The maximum absolute atomic E-state index is 13.0. The molecule has 2 aromatic carbocycles. The van der Waals surface area contributed by atoms with Gasteiger partial charge in [-0.3, -0.25) is 4.79 Å². The third-order valence-corrected chi connectivity index (χ3v) is 2.82. The highest BCUT2D eigenvalue weighted by atomic mass is 19.1. The molecule has 21 heavy (non-hydrogen) atoms. The molecule has 0 aliphatic carbocycles. The Bertz CT molecular complexity index is 687. The van der Waals surface area contributed by atoms with Crippen LogP contribution in [-0.2, 0) is 4.79 Å². The van der Waals surface area contributed by atoms with Crippen LogP contribution in [0.25, 0.3) is 12.2 Å². The van der Waals surface area contributed by atoms with Gasteiger partial charge >= 0.3 is 0 Å². The van der Waals surface area contributed by atoms with Crippen LogP contribution in [0.15, 0.2) is 60.7 Å². The van der Waals surface area contributed by atoms with E-state index in [0.717, 1.165) is 11.3 Å². The fraction of sp³-hybridized carbons (Fsp3) is 0.0556. The molecule has 0 heterocycles. The van der Waals surface area contributed by atoms with Gasteiger partial charge in [0, 0.05) is 0 Å². The van der Waals surface area contributed by atoms with Crippen molar-refractivity contribution in [1.29, 1.82) is 0 Å². The molecule has 0 aliphatic heterocycles. The van der Waals surface area contributed by atoms with Crippen LogP contribution < -0.4 is 4.74 Å². The number of hydrogen-bond donors (Lipinski definition) is 0. The standard InChI is InChI=1S/C18H15FO2/c1-21-18-7-3-5-15(13-18)9-11-17(20)10-8-14-4-2-6-16(19)12-14/h2-13H,1H3/b10-8+,11-9+. The SMILES string of the molecule is COc1cccc(/C=C/C(=O)/C=C/c2cccc(F)c2)c1. The Kier molecular flexibility index (Phi) is 5.04. The molecule has 0 spiro atoms. The van der Waals surface area contributed by atoms with Crippen molar-refractivity contribution in [3.05, 3.63) is 77.6 Å². The molecular formula is C18H15FO2. The highest BCUT2D eigenvalue weighted by Gasteiger charge is 1.95. The molecule has 0 atom stereocenters. The first-order valence-corrected chi connectivity index (χ1v) is 6.47. The van der Waals surface area contributed by atoms with Crippen LogP contribution in [0.3, 0.4) is 0 Å². The molecule has 3 heteroatoms. The van der Waals surface area contributed by atoms with Gasteiger partial charge in [0.2, 0.25) is 0 Å². The quantitative estimate of drug-likeness (QED) is 0.771. The van der Waals surface area contributed by atoms with Gasteiger partial charge in [0.25, 0.3) is 0 Å². The zero-order valence-corrected chi connectivity index (χ0v) is 11.6. The Hall–Kier alpha value is -2.68. The number of carbonyl (C=O) groups excluding carboxylic acids is 1. The van der Waals surface area contributed by atoms with Crippen LogP contribution in [0.2, 0.25) is 0 Å². The van der Waals surface area contributed by atoms with Gasteiger partial charge in [-0.25, -0.2) is 4.39 Å². The average Bonchev–Trinajstić information content (AvgIpc) is 2.51. The number of methoxy groups -OCH3 is 1. The molecule has 0 saturated carbocycles. The van der Waals surface area contributed by atoms with E-state index in [9.17, 15) is 9.18 Å². The Balaban J connectivity index is 2.02. The lowest BCUT2D eigenvalue weighted by Crippen LogP contribution is -1.86. The first kappa shape index (κ1) is 14.7. The minimum Gasteiger partial charge on any atom is -0.497 e. The van der Waals surface area contributed by atoms with E-state index in [1.54, 1.807) is 31.4 Å². The van der Waals surface area contributed by atoms with Crippen molar-refractivity contribution in [3.63, 3.8) is 0 Å². The van der Waals surface area contributed by atoms with E-state index >= 15 is 0 Å². The summed E-state index contributed by atoms with van der Waals surface area (Å²) in [6, 6.07) is 13.5. The zero-order valence-electron chi connectivity index (χ0n) is 11.6. The number of hydrogen-bond acceptors (Lipinski definition) is 2. The molecule has 0 saturated heterocycles. The minimum absolute atomic E-state index is 0.165. The number of halogens is 1. The molecule has 2 rings (SSSR count). The summed E-state index contributed by atoms with van der Waals surface area (Å²) >= 11 is 0. The van der Waals surface area contributed by atoms with E-state index in [1.807, 2.05) is 24.3 Å². The van der Waals surface area contributed by atoms with Gasteiger partial charge < -0.3 is 4.74 Å². The minimum atomic E-state index is -0.323. The molecule has 2 aromatic rings. The summed E-state index contributed by atoms with van der Waals surface area (Å²) in [5.41, 5.74) is 1.53. The van der Waals surface area contributed by atoms with Gasteiger partial charge in [-0.1, -0.05) is 36.4 Å². The van der Waals surface area contributed by atoms with Crippen molar-refractivity contribution in [2.75, 3.05) is 7.11 Å². The fourth-order valence-corrected chi connectivity index (χ4v) is 1.77. The van der Waals surface area contributed by atoms with Crippen LogP contribution in [0, 0.1) is 5.82 Å². The third kappa shape index (κ3) is 4.73. The van der Waals surface area contributed by atoms with Crippen LogP contribution in [0.1, 0.15) is 11.1 Å². The zero-order chi connectivity index (χ0) is 15.1. The first-order chi connectivity index (χ1) is 10.2. The Morgan fingerprint density at radius 3 is 2.24 bits per heavy atom. The topological polar surface area (TPSA) is 26.3 Å². The number of rotatable bonds is 5. The van der Waals surface area contributed by atoms with Crippen LogP contribution in [-0.4, -0.2) is 12.9 Å². The van der Waals surface area contributed by atoms with Crippen molar-refractivity contribution in [1.82, 2.24) is 0 Å². The van der Waals surface area contributed by atoms with E-state index in [1.165, 1.54) is 24.3 Å². The molecule has 0 bridgehead atoms. The van der Waals surface area contributed by atoms with Crippen LogP contribution in [0.5, 0.6) is 5.75 Å². The van der Waals surface area contributed by atoms with Crippen molar-refractivity contribution in [2.45, 2.75) is 0 Å². The van der Waals surface area contributed by atoms with Gasteiger partial charge in [-0.05, 0) is 47.5 Å². The lowest BCUT2D eigenvalue weighted by Gasteiger charge is -1.99. The van der Waals surface area contributed by atoms with Gasteiger partial charge in [0.1, 0.15) is 11.6 Å². The summed E-state index contributed by atoms with van der Waals surface area (Å²) in [5.74, 6) is 0.249. The lowest BCUT2D eigenvalue weighted by molar-refractivity contribution is -0.110. The van der Waals surface area contributed by atoms with Crippen molar-refractivity contribution >= 4 is 17.9 Å². The average molecular weight is 282 g/mol. The Labute approximate surface area is 123 Å². The fourth-order valence-electron chi connectivity index (χ4n) is 1.77. The number of ketones is 1. The maximum atomic E-state index is 13.0. The molecule has 0 fully saturated rings. The summed E-state index contributed by atoms with van der Waals surface area (Å²) in [6.07, 6.45) is 6.16. The predicted molar refractivity (Wildman–Crippen MR) is 82.5 cm³/mol. The second kappa shape index (κ2) is 7.20. The Morgan fingerprint density at radius 2 is 1.62 bits per heavy atom. The molecule has 0 aliphatic rings. The summed E-state index contributed by atoms with van der Waals surface area (Å²) in [5, 5.41) is 0. The van der Waals surface area contributed by atoms with E-state index in [4.69, 9.17) is 4.74 Å². The summed E-state index contributed by atoms with van der Waals surface area (Å²) in [4.78, 5) is 11.7. The number of benzene rings is 2. The molecule has 0 N–H and O–H groups in total. The molecular weight excluding hydrogens is 267 g/mol. The number of ether oxygens (including phenoxy) is 1. The second-order valence-corrected chi connectivity index (χ2v) is 4.40. The summed E-state index contributed by atoms with van der Waals surface area (Å²) < 4.78 is 18.1. The molecule has 0 amide bonds. The molecule has 106 valence electrons. The van der Waals surface area contributed by atoms with Gasteiger partial charge in [-0.2, -0.15) is 0 Å². The normalized spacial score (nSPS) is 11.1. The van der Waals surface area contributed by atoms with E-state index in [2.05, 4.69) is 0 Å². The van der Waals surface area contributed by atoms with E-state index < -0.39 is 0 Å². The van der Waals surface area contributed by atoms with Gasteiger partial charge in [0.05, 0.1) is 7.11 Å². The molecule has 0 aromatic heterocycles. The van der Waals surface area contributed by atoms with Gasteiger partial charge in [-0.15, -0.1) is 0 Å². The van der Waals surface area contributed by atoms with E-state index in [0.29, 0.717) is 5.56 Å². The molecule has 0 radical (unpaired) electrons.